The first-order valence-corrected chi connectivity index (χ1v) is 5.65. The number of hydrogen-bond donors (Lipinski definition) is 1. The smallest absolute Gasteiger partial charge is 0.337 e. The van der Waals surface area contributed by atoms with Crippen molar-refractivity contribution in [1.29, 1.82) is 0 Å². The van der Waals surface area contributed by atoms with Crippen LogP contribution >= 0.6 is 33.9 Å². The highest BCUT2D eigenvalue weighted by Crippen LogP contribution is 2.31. The maximum absolute atomic E-state index is 13.3. The Bertz CT molecular complexity index is 521. The van der Waals surface area contributed by atoms with Gasteiger partial charge in [0.25, 0.3) is 0 Å². The number of carboxylic acids is 1. The molecule has 0 spiro atoms. The van der Waals surface area contributed by atoms with Gasteiger partial charge in [-0.2, -0.15) is 0 Å². The van der Waals surface area contributed by atoms with Crippen molar-refractivity contribution in [3.05, 3.63) is 32.5 Å². The number of carboxylic acid groups (broad SMARTS) is 1. The van der Waals surface area contributed by atoms with Gasteiger partial charge in [-0.3, -0.25) is 0 Å². The molecule has 1 heterocycles. The number of benzene rings is 1. The summed E-state index contributed by atoms with van der Waals surface area (Å²) in [6, 6.07) is 2.81. The molecule has 0 bridgehead atoms. The van der Waals surface area contributed by atoms with Crippen LogP contribution in [0.1, 0.15) is 10.4 Å². The van der Waals surface area contributed by atoms with E-state index in [1.165, 1.54) is 11.3 Å². The Hall–Kier alpha value is -0.690. The molecule has 0 saturated carbocycles. The Morgan fingerprint density at radius 3 is 2.93 bits per heavy atom. The zero-order valence-electron chi connectivity index (χ0n) is 6.75. The minimum absolute atomic E-state index is 0.0351. The highest BCUT2D eigenvalue weighted by molar-refractivity contribution is 14.1. The highest BCUT2D eigenvalue weighted by Gasteiger charge is 2.15. The Labute approximate surface area is 96.5 Å². The first-order chi connectivity index (χ1) is 6.61. The normalized spacial score (nSPS) is 10.7. The molecule has 14 heavy (non-hydrogen) atoms. The third kappa shape index (κ3) is 1.40. The summed E-state index contributed by atoms with van der Waals surface area (Å²) in [7, 11) is 0. The summed E-state index contributed by atoms with van der Waals surface area (Å²) < 4.78 is 14.4. The highest BCUT2D eigenvalue weighted by atomic mass is 127. The molecule has 0 saturated heterocycles. The van der Waals surface area contributed by atoms with E-state index >= 15 is 0 Å². The second kappa shape index (κ2) is 3.47. The van der Waals surface area contributed by atoms with Crippen LogP contribution in [0, 0.1) is 9.39 Å². The van der Waals surface area contributed by atoms with E-state index < -0.39 is 11.8 Å². The van der Waals surface area contributed by atoms with E-state index in [1.54, 1.807) is 11.4 Å². The number of fused-ring (bicyclic) bond motifs is 1. The van der Waals surface area contributed by atoms with Gasteiger partial charge in [0.2, 0.25) is 0 Å². The molecule has 2 nitrogen and oxygen atoms in total. The van der Waals surface area contributed by atoms with Crippen molar-refractivity contribution >= 4 is 50.0 Å². The molecular formula is C9H4FIO2S. The standard InChI is InChI=1S/C9H4FIO2S/c10-6-3-5(9(12)13)8-4(7(6)11)1-2-14-8/h1-3H,(H,12,13). The molecule has 0 radical (unpaired) electrons. The monoisotopic (exact) mass is 322 g/mol. The van der Waals surface area contributed by atoms with Crippen LogP contribution in [0.15, 0.2) is 17.5 Å². The van der Waals surface area contributed by atoms with E-state index in [1.807, 2.05) is 22.6 Å². The fraction of sp³-hybridized carbons (Fsp3) is 0. The van der Waals surface area contributed by atoms with Crippen LogP contribution in [0.5, 0.6) is 0 Å². The summed E-state index contributed by atoms with van der Waals surface area (Å²) in [5.74, 6) is -1.57. The largest absolute Gasteiger partial charge is 0.478 e. The topological polar surface area (TPSA) is 37.3 Å². The lowest BCUT2D eigenvalue weighted by Crippen LogP contribution is -1.98. The maximum atomic E-state index is 13.3. The van der Waals surface area contributed by atoms with E-state index in [0.717, 1.165) is 6.07 Å². The van der Waals surface area contributed by atoms with Crippen molar-refractivity contribution in [3.8, 4) is 0 Å². The number of thiophene rings is 1. The zero-order chi connectivity index (χ0) is 10.3. The van der Waals surface area contributed by atoms with E-state index in [0.29, 0.717) is 13.7 Å². The third-order valence-electron chi connectivity index (χ3n) is 1.86. The quantitative estimate of drug-likeness (QED) is 0.818. The molecule has 0 aliphatic rings. The fourth-order valence-electron chi connectivity index (χ4n) is 1.23. The first kappa shape index (κ1) is 9.85. The zero-order valence-corrected chi connectivity index (χ0v) is 9.73. The lowest BCUT2D eigenvalue weighted by Gasteiger charge is -2.00. The van der Waals surface area contributed by atoms with Crippen LogP contribution in [-0.2, 0) is 0 Å². The minimum atomic E-state index is -1.09. The molecule has 2 aromatic rings. The van der Waals surface area contributed by atoms with Gasteiger partial charge >= 0.3 is 5.97 Å². The van der Waals surface area contributed by atoms with E-state index in [9.17, 15) is 9.18 Å². The summed E-state index contributed by atoms with van der Waals surface area (Å²) >= 11 is 3.19. The molecule has 5 heteroatoms. The van der Waals surface area contributed by atoms with Gasteiger partial charge < -0.3 is 5.11 Å². The van der Waals surface area contributed by atoms with Gasteiger partial charge in [-0.15, -0.1) is 11.3 Å². The van der Waals surface area contributed by atoms with Gasteiger partial charge in [-0.1, -0.05) is 0 Å². The Morgan fingerprint density at radius 2 is 2.29 bits per heavy atom. The van der Waals surface area contributed by atoms with Crippen LogP contribution in [0.4, 0.5) is 4.39 Å². The van der Waals surface area contributed by atoms with E-state index in [4.69, 9.17) is 5.11 Å². The Morgan fingerprint density at radius 1 is 1.57 bits per heavy atom. The molecule has 0 aliphatic carbocycles. The molecule has 1 N–H and O–H groups in total. The second-order valence-electron chi connectivity index (χ2n) is 2.69. The molecule has 0 aliphatic heterocycles. The molecular weight excluding hydrogens is 318 g/mol. The molecule has 0 amide bonds. The van der Waals surface area contributed by atoms with E-state index in [-0.39, 0.29) is 5.56 Å². The predicted molar refractivity (Wildman–Crippen MR) is 61.5 cm³/mol. The first-order valence-electron chi connectivity index (χ1n) is 3.69. The van der Waals surface area contributed by atoms with Gasteiger partial charge in [0.05, 0.1) is 13.8 Å². The SMILES string of the molecule is O=C(O)c1cc(F)c(I)c2ccsc12. The van der Waals surface area contributed by atoms with Crippen LogP contribution in [-0.4, -0.2) is 11.1 Å². The van der Waals surface area contributed by atoms with Crippen LogP contribution in [0.3, 0.4) is 0 Å². The van der Waals surface area contributed by atoms with Gasteiger partial charge in [0.15, 0.2) is 0 Å². The summed E-state index contributed by atoms with van der Waals surface area (Å²) in [6.45, 7) is 0. The molecule has 1 aromatic heterocycles. The van der Waals surface area contributed by atoms with Crippen molar-refractivity contribution in [3.63, 3.8) is 0 Å². The summed E-state index contributed by atoms with van der Waals surface area (Å²) in [5.41, 5.74) is 0.0351. The lowest BCUT2D eigenvalue weighted by atomic mass is 10.1. The van der Waals surface area contributed by atoms with Crippen molar-refractivity contribution in [2.24, 2.45) is 0 Å². The van der Waals surface area contributed by atoms with Gasteiger partial charge in [-0.25, -0.2) is 9.18 Å². The minimum Gasteiger partial charge on any atom is -0.478 e. The molecule has 72 valence electrons. The summed E-state index contributed by atoms with van der Waals surface area (Å²) in [6.07, 6.45) is 0. The van der Waals surface area contributed by atoms with Gasteiger partial charge in [0.1, 0.15) is 5.82 Å². The Kier molecular flexibility index (Phi) is 2.44. The number of hydrogen-bond acceptors (Lipinski definition) is 2. The van der Waals surface area contributed by atoms with Crippen LogP contribution in [0.25, 0.3) is 10.1 Å². The van der Waals surface area contributed by atoms with Crippen molar-refractivity contribution in [1.82, 2.24) is 0 Å². The van der Waals surface area contributed by atoms with E-state index in [2.05, 4.69) is 0 Å². The maximum Gasteiger partial charge on any atom is 0.337 e. The molecule has 1 aromatic carbocycles. The molecule has 0 fully saturated rings. The number of aromatic carboxylic acids is 1. The van der Waals surface area contributed by atoms with Crippen molar-refractivity contribution in [2.75, 3.05) is 0 Å². The average Bonchev–Trinajstić information content (AvgIpc) is 2.59. The fourth-order valence-corrected chi connectivity index (χ4v) is 2.93. The predicted octanol–water partition coefficient (Wildman–Crippen LogP) is 3.34. The number of rotatable bonds is 1. The lowest BCUT2D eigenvalue weighted by molar-refractivity contribution is 0.0698. The van der Waals surface area contributed by atoms with Gasteiger partial charge in [0, 0.05) is 5.39 Å². The summed E-state index contributed by atoms with van der Waals surface area (Å²) in [4.78, 5) is 10.8. The third-order valence-corrected chi connectivity index (χ3v) is 3.90. The van der Waals surface area contributed by atoms with Crippen molar-refractivity contribution < 1.29 is 14.3 Å². The van der Waals surface area contributed by atoms with Crippen LogP contribution in [0.2, 0.25) is 0 Å². The Balaban J connectivity index is 2.91. The second-order valence-corrected chi connectivity index (χ2v) is 4.68. The molecule has 0 atom stereocenters. The van der Waals surface area contributed by atoms with Crippen LogP contribution < -0.4 is 0 Å². The summed E-state index contributed by atoms with van der Waals surface area (Å²) in [5, 5.41) is 11.3. The molecule has 2 rings (SSSR count). The number of carbonyl (C=O) groups is 1. The van der Waals surface area contributed by atoms with Gasteiger partial charge in [-0.05, 0) is 40.1 Å². The van der Waals surface area contributed by atoms with Crippen molar-refractivity contribution in [2.45, 2.75) is 0 Å². The number of halogens is 2. The molecule has 0 unspecified atom stereocenters. The average molecular weight is 322 g/mol.